The Morgan fingerprint density at radius 1 is 1.38 bits per heavy atom. The van der Waals surface area contributed by atoms with E-state index in [1.807, 2.05) is 0 Å². The largest absolute Gasteiger partial charge is 0.353 e. The van der Waals surface area contributed by atoms with E-state index in [1.165, 1.54) is 0 Å². The third-order valence-electron chi connectivity index (χ3n) is 2.06. The molecule has 1 fully saturated rings. The Bertz CT molecular complexity index is 285. The first-order valence-corrected chi connectivity index (χ1v) is 5.08. The molecule has 1 aliphatic rings. The summed E-state index contributed by atoms with van der Waals surface area (Å²) >= 11 is 3.44. The Balaban J connectivity index is 2.18. The molecule has 13 heavy (non-hydrogen) atoms. The summed E-state index contributed by atoms with van der Waals surface area (Å²) in [6.07, 6.45) is 3.37. The normalized spacial score (nSPS) is 17.5. The molecule has 0 unspecified atom stereocenters. The van der Waals surface area contributed by atoms with Gasteiger partial charge in [-0.2, -0.15) is 0 Å². The first kappa shape index (κ1) is 8.90. The van der Waals surface area contributed by atoms with Crippen LogP contribution in [-0.2, 0) is 0 Å². The molecule has 0 atom stereocenters. The van der Waals surface area contributed by atoms with Crippen LogP contribution in [-0.4, -0.2) is 36.1 Å². The fourth-order valence-corrected chi connectivity index (χ4v) is 1.89. The Labute approximate surface area is 85.5 Å². The lowest BCUT2D eigenvalue weighted by Gasteiger charge is -2.28. The first-order chi connectivity index (χ1) is 6.38. The van der Waals surface area contributed by atoms with Crippen LogP contribution in [0.4, 0.5) is 5.82 Å². The molecule has 0 aliphatic carbocycles. The molecule has 2 heterocycles. The highest BCUT2D eigenvalue weighted by molar-refractivity contribution is 9.10. The van der Waals surface area contributed by atoms with Gasteiger partial charge in [0, 0.05) is 32.4 Å². The van der Waals surface area contributed by atoms with Crippen LogP contribution >= 0.6 is 15.9 Å². The van der Waals surface area contributed by atoms with Crippen molar-refractivity contribution in [3.05, 3.63) is 17.0 Å². The number of piperazine rings is 1. The Morgan fingerprint density at radius 2 is 2.15 bits per heavy atom. The van der Waals surface area contributed by atoms with Gasteiger partial charge in [0.2, 0.25) is 0 Å². The van der Waals surface area contributed by atoms with E-state index in [-0.39, 0.29) is 0 Å². The molecule has 0 radical (unpaired) electrons. The van der Waals surface area contributed by atoms with Gasteiger partial charge < -0.3 is 10.2 Å². The highest BCUT2D eigenvalue weighted by Crippen LogP contribution is 2.21. The van der Waals surface area contributed by atoms with Crippen molar-refractivity contribution in [1.82, 2.24) is 15.3 Å². The first-order valence-electron chi connectivity index (χ1n) is 4.29. The predicted octanol–water partition coefficient (Wildman–Crippen LogP) is 0.649. The van der Waals surface area contributed by atoms with Crippen LogP contribution in [0.15, 0.2) is 17.0 Å². The minimum absolute atomic E-state index is 0.969. The number of hydrogen-bond donors (Lipinski definition) is 1. The summed E-state index contributed by atoms with van der Waals surface area (Å²) in [5, 5.41) is 3.30. The number of anilines is 1. The zero-order valence-electron chi connectivity index (χ0n) is 7.20. The molecular weight excluding hydrogens is 232 g/mol. The molecule has 0 aromatic carbocycles. The molecular formula is C8H11BrN4. The van der Waals surface area contributed by atoms with E-state index in [0.29, 0.717) is 0 Å². The second-order valence-electron chi connectivity index (χ2n) is 2.93. The lowest BCUT2D eigenvalue weighted by atomic mass is 10.3. The van der Waals surface area contributed by atoms with Gasteiger partial charge in [-0.05, 0) is 15.9 Å². The lowest BCUT2D eigenvalue weighted by molar-refractivity contribution is 0.584. The zero-order chi connectivity index (χ0) is 9.10. The quantitative estimate of drug-likeness (QED) is 0.786. The average molecular weight is 243 g/mol. The second kappa shape index (κ2) is 4.02. The smallest absolute Gasteiger partial charge is 0.146 e. The van der Waals surface area contributed by atoms with E-state index >= 15 is 0 Å². The van der Waals surface area contributed by atoms with Crippen molar-refractivity contribution < 1.29 is 0 Å². The highest BCUT2D eigenvalue weighted by atomic mass is 79.9. The van der Waals surface area contributed by atoms with Crippen LogP contribution in [0.25, 0.3) is 0 Å². The lowest BCUT2D eigenvalue weighted by Crippen LogP contribution is -2.44. The third kappa shape index (κ3) is 1.97. The maximum atomic E-state index is 4.24. The zero-order valence-corrected chi connectivity index (χ0v) is 8.79. The van der Waals surface area contributed by atoms with Gasteiger partial charge >= 0.3 is 0 Å². The van der Waals surface area contributed by atoms with Crippen LogP contribution < -0.4 is 10.2 Å². The van der Waals surface area contributed by atoms with Crippen molar-refractivity contribution in [3.8, 4) is 0 Å². The minimum atomic E-state index is 0.969. The van der Waals surface area contributed by atoms with Crippen molar-refractivity contribution in [1.29, 1.82) is 0 Å². The fraction of sp³-hybridized carbons (Fsp3) is 0.500. The van der Waals surface area contributed by atoms with Gasteiger partial charge in [0.15, 0.2) is 0 Å². The maximum Gasteiger partial charge on any atom is 0.146 e. The van der Waals surface area contributed by atoms with Crippen molar-refractivity contribution >= 4 is 21.7 Å². The number of aromatic nitrogens is 2. The average Bonchev–Trinajstić information content (AvgIpc) is 2.20. The van der Waals surface area contributed by atoms with Crippen LogP contribution in [0.3, 0.4) is 0 Å². The van der Waals surface area contributed by atoms with E-state index in [0.717, 1.165) is 36.5 Å². The SMILES string of the molecule is Brc1cncnc1N1CCNCC1. The van der Waals surface area contributed by atoms with Gasteiger partial charge in [-0.1, -0.05) is 0 Å². The van der Waals surface area contributed by atoms with Gasteiger partial charge in [0.1, 0.15) is 12.1 Å². The molecule has 4 nitrogen and oxygen atoms in total. The second-order valence-corrected chi connectivity index (χ2v) is 3.79. The van der Waals surface area contributed by atoms with Gasteiger partial charge in [0.25, 0.3) is 0 Å². The molecule has 2 rings (SSSR count). The van der Waals surface area contributed by atoms with Gasteiger partial charge in [-0.3, -0.25) is 0 Å². The summed E-state index contributed by atoms with van der Waals surface area (Å²) in [5.41, 5.74) is 0. The Morgan fingerprint density at radius 3 is 2.85 bits per heavy atom. The van der Waals surface area contributed by atoms with Gasteiger partial charge in [-0.15, -0.1) is 0 Å². The van der Waals surface area contributed by atoms with Gasteiger partial charge in [0.05, 0.1) is 4.47 Å². The number of nitrogens with one attached hydrogen (secondary N) is 1. The van der Waals surface area contributed by atoms with Crippen molar-refractivity contribution in [2.45, 2.75) is 0 Å². The molecule has 5 heteroatoms. The van der Waals surface area contributed by atoms with Crippen molar-refractivity contribution in [2.75, 3.05) is 31.1 Å². The summed E-state index contributed by atoms with van der Waals surface area (Å²) in [7, 11) is 0. The molecule has 1 saturated heterocycles. The topological polar surface area (TPSA) is 41.1 Å². The van der Waals surface area contributed by atoms with Crippen LogP contribution in [0.2, 0.25) is 0 Å². The van der Waals surface area contributed by atoms with E-state index < -0.39 is 0 Å². The van der Waals surface area contributed by atoms with E-state index in [1.54, 1.807) is 12.5 Å². The molecule has 0 bridgehead atoms. The molecule has 1 aromatic heterocycles. The molecule has 1 aromatic rings. The standard InChI is InChI=1S/C8H11BrN4/c9-7-5-11-6-12-8(7)13-3-1-10-2-4-13/h5-6,10H,1-4H2. The third-order valence-corrected chi connectivity index (χ3v) is 2.62. The highest BCUT2D eigenvalue weighted by Gasteiger charge is 2.13. The van der Waals surface area contributed by atoms with Gasteiger partial charge in [-0.25, -0.2) is 9.97 Å². The van der Waals surface area contributed by atoms with Crippen molar-refractivity contribution in [2.24, 2.45) is 0 Å². The minimum Gasteiger partial charge on any atom is -0.353 e. The van der Waals surface area contributed by atoms with Crippen LogP contribution in [0.5, 0.6) is 0 Å². The molecule has 0 spiro atoms. The number of rotatable bonds is 1. The summed E-state index contributed by atoms with van der Waals surface area (Å²) < 4.78 is 0.969. The summed E-state index contributed by atoms with van der Waals surface area (Å²) in [6, 6.07) is 0. The Hall–Kier alpha value is -0.680. The molecule has 70 valence electrons. The summed E-state index contributed by atoms with van der Waals surface area (Å²) in [6.45, 7) is 4.07. The van der Waals surface area contributed by atoms with Crippen molar-refractivity contribution in [3.63, 3.8) is 0 Å². The molecule has 1 N–H and O–H groups in total. The molecule has 0 saturated carbocycles. The fourth-order valence-electron chi connectivity index (χ4n) is 1.42. The van der Waals surface area contributed by atoms with E-state index in [2.05, 4.69) is 36.1 Å². The predicted molar refractivity (Wildman–Crippen MR) is 54.8 cm³/mol. The van der Waals surface area contributed by atoms with E-state index in [4.69, 9.17) is 0 Å². The molecule has 1 aliphatic heterocycles. The number of nitrogens with zero attached hydrogens (tertiary/aromatic N) is 3. The van der Waals surface area contributed by atoms with E-state index in [9.17, 15) is 0 Å². The molecule has 0 amide bonds. The Kier molecular flexibility index (Phi) is 2.75. The van der Waals surface area contributed by atoms with Crippen LogP contribution in [0.1, 0.15) is 0 Å². The summed E-state index contributed by atoms with van der Waals surface area (Å²) in [4.78, 5) is 10.4. The maximum absolute atomic E-state index is 4.24. The number of hydrogen-bond acceptors (Lipinski definition) is 4. The van der Waals surface area contributed by atoms with Crippen LogP contribution in [0, 0.1) is 0 Å². The summed E-state index contributed by atoms with van der Waals surface area (Å²) in [5.74, 6) is 0.997. The number of halogens is 1. The monoisotopic (exact) mass is 242 g/mol.